The fourth-order valence-corrected chi connectivity index (χ4v) is 0.974. The Bertz CT molecular complexity index is 377. The lowest BCUT2D eigenvalue weighted by Gasteiger charge is -1.98. The van der Waals surface area contributed by atoms with Gasteiger partial charge in [0.15, 0.2) is 0 Å². The third-order valence-corrected chi connectivity index (χ3v) is 1.56. The van der Waals surface area contributed by atoms with E-state index in [-0.39, 0.29) is 0 Å². The van der Waals surface area contributed by atoms with Crippen molar-refractivity contribution in [3.63, 3.8) is 0 Å². The Morgan fingerprint density at radius 3 is 2.67 bits per heavy atom. The van der Waals surface area contributed by atoms with Crippen LogP contribution < -0.4 is 16.2 Å². The number of pyridine rings is 1. The molecule has 0 unspecified atom stereocenters. The number of aliphatic imine (C=N–C) groups is 1. The molecule has 0 aliphatic carbocycles. The first kappa shape index (κ1) is 11.0. The number of nitrogens with zero attached hydrogens (tertiary/aromatic N) is 2. The Labute approximate surface area is 88.5 Å². The van der Waals surface area contributed by atoms with Gasteiger partial charge in [0.1, 0.15) is 5.84 Å². The minimum Gasteiger partial charge on any atom is -0.481 e. The summed E-state index contributed by atoms with van der Waals surface area (Å²) in [4.78, 5) is 8.09. The van der Waals surface area contributed by atoms with Gasteiger partial charge in [-0.1, -0.05) is 0 Å². The molecule has 0 bridgehead atoms. The first-order valence-corrected chi connectivity index (χ1v) is 4.40. The smallest absolute Gasteiger partial charge is 0.213 e. The van der Waals surface area contributed by atoms with Crippen molar-refractivity contribution in [1.82, 2.24) is 4.98 Å². The molecule has 0 fully saturated rings. The summed E-state index contributed by atoms with van der Waals surface area (Å²) in [5.74, 6) is 0.889. The molecule has 0 saturated carbocycles. The number of hydrogen-bond acceptors (Lipinski definition) is 4. The summed E-state index contributed by atoms with van der Waals surface area (Å²) >= 11 is 0. The molecular formula is C10H14N4O. The normalized spacial score (nSPS) is 12.7. The van der Waals surface area contributed by atoms with E-state index in [1.807, 2.05) is 0 Å². The van der Waals surface area contributed by atoms with Gasteiger partial charge in [0, 0.05) is 11.8 Å². The van der Waals surface area contributed by atoms with Crippen LogP contribution in [0.1, 0.15) is 6.92 Å². The molecular weight excluding hydrogens is 192 g/mol. The van der Waals surface area contributed by atoms with Gasteiger partial charge < -0.3 is 16.2 Å². The highest BCUT2D eigenvalue weighted by Gasteiger charge is 1.94. The molecule has 0 atom stereocenters. The topological polar surface area (TPSA) is 86.5 Å². The second-order valence-electron chi connectivity index (χ2n) is 2.98. The number of amidine groups is 1. The first-order valence-electron chi connectivity index (χ1n) is 4.40. The van der Waals surface area contributed by atoms with Crippen LogP contribution in [0.4, 0.5) is 5.69 Å². The van der Waals surface area contributed by atoms with Gasteiger partial charge in [0.05, 0.1) is 19.0 Å². The van der Waals surface area contributed by atoms with Gasteiger partial charge in [-0.25, -0.2) is 9.98 Å². The average Bonchev–Trinajstić information content (AvgIpc) is 2.17. The molecule has 0 aliphatic rings. The van der Waals surface area contributed by atoms with Crippen LogP contribution >= 0.6 is 0 Å². The number of aromatic nitrogens is 1. The zero-order valence-corrected chi connectivity index (χ0v) is 8.77. The highest BCUT2D eigenvalue weighted by atomic mass is 16.5. The molecule has 5 heteroatoms. The largest absolute Gasteiger partial charge is 0.481 e. The van der Waals surface area contributed by atoms with Crippen LogP contribution in [0.2, 0.25) is 0 Å². The maximum Gasteiger partial charge on any atom is 0.213 e. The van der Waals surface area contributed by atoms with Crippen LogP contribution in [-0.2, 0) is 0 Å². The molecule has 0 aliphatic heterocycles. The highest BCUT2D eigenvalue weighted by Crippen LogP contribution is 2.13. The first-order chi connectivity index (χ1) is 7.11. The summed E-state index contributed by atoms with van der Waals surface area (Å²) in [6.07, 6.45) is 3.16. The number of allylic oxidation sites excluding steroid dienone is 1. The van der Waals surface area contributed by atoms with E-state index in [9.17, 15) is 0 Å². The van der Waals surface area contributed by atoms with Crippen LogP contribution in [0.25, 0.3) is 0 Å². The van der Waals surface area contributed by atoms with E-state index >= 15 is 0 Å². The van der Waals surface area contributed by atoms with Gasteiger partial charge in [0.25, 0.3) is 0 Å². The van der Waals surface area contributed by atoms with Gasteiger partial charge in [-0.15, -0.1) is 0 Å². The summed E-state index contributed by atoms with van der Waals surface area (Å²) in [6.45, 7) is 1.74. The van der Waals surface area contributed by atoms with Crippen molar-refractivity contribution < 1.29 is 4.74 Å². The monoisotopic (exact) mass is 206 g/mol. The quantitative estimate of drug-likeness (QED) is 0.569. The zero-order valence-electron chi connectivity index (χ0n) is 8.77. The SMILES string of the molecule is COc1ccc(N=C(N)C=C(C)N)cn1. The lowest BCUT2D eigenvalue weighted by molar-refractivity contribution is 0.398. The number of hydrogen-bond donors (Lipinski definition) is 2. The molecule has 1 aromatic rings. The molecule has 80 valence electrons. The van der Waals surface area contributed by atoms with Gasteiger partial charge in [0.2, 0.25) is 5.88 Å². The standard InChI is InChI=1S/C10H14N4O/c1-7(11)5-9(12)14-8-3-4-10(15-2)13-6-8/h3-6H,11H2,1-2H3,(H2,12,14). The van der Waals surface area contributed by atoms with Crippen molar-refractivity contribution >= 4 is 11.5 Å². The van der Waals surface area contributed by atoms with Crippen molar-refractivity contribution in [2.45, 2.75) is 6.92 Å². The van der Waals surface area contributed by atoms with Crippen molar-refractivity contribution in [3.8, 4) is 5.88 Å². The molecule has 0 amide bonds. The van der Waals surface area contributed by atoms with Gasteiger partial charge >= 0.3 is 0 Å². The molecule has 15 heavy (non-hydrogen) atoms. The third-order valence-electron chi connectivity index (χ3n) is 1.56. The van der Waals surface area contributed by atoms with E-state index in [0.717, 1.165) is 0 Å². The fraction of sp³-hybridized carbons (Fsp3) is 0.200. The van der Waals surface area contributed by atoms with Crippen LogP contribution in [0.3, 0.4) is 0 Å². The second kappa shape index (κ2) is 4.99. The Hall–Kier alpha value is -2.04. The number of nitrogens with two attached hydrogens (primary N) is 2. The van der Waals surface area contributed by atoms with Crippen molar-refractivity contribution in [2.75, 3.05) is 7.11 Å². The molecule has 1 aromatic heterocycles. The summed E-state index contributed by atoms with van der Waals surface area (Å²) in [5, 5.41) is 0. The van der Waals surface area contributed by atoms with Crippen LogP contribution in [0.15, 0.2) is 35.1 Å². The molecule has 1 heterocycles. The van der Waals surface area contributed by atoms with E-state index in [2.05, 4.69) is 9.98 Å². The van der Waals surface area contributed by atoms with Crippen molar-refractivity contribution in [1.29, 1.82) is 0 Å². The molecule has 0 spiro atoms. The number of methoxy groups -OCH3 is 1. The maximum absolute atomic E-state index is 5.61. The fourth-order valence-electron chi connectivity index (χ4n) is 0.974. The minimum absolute atomic E-state index is 0.349. The maximum atomic E-state index is 5.61. The Morgan fingerprint density at radius 2 is 2.20 bits per heavy atom. The molecule has 4 N–H and O–H groups in total. The lowest BCUT2D eigenvalue weighted by atomic mass is 10.4. The van der Waals surface area contributed by atoms with E-state index < -0.39 is 0 Å². The molecule has 1 rings (SSSR count). The summed E-state index contributed by atoms with van der Waals surface area (Å²) < 4.78 is 4.92. The van der Waals surface area contributed by atoms with Gasteiger partial charge in [-0.3, -0.25) is 0 Å². The Morgan fingerprint density at radius 1 is 1.47 bits per heavy atom. The van der Waals surface area contributed by atoms with Crippen LogP contribution in [-0.4, -0.2) is 17.9 Å². The van der Waals surface area contributed by atoms with Gasteiger partial charge in [-0.05, 0) is 19.1 Å². The third kappa shape index (κ3) is 3.68. The van der Waals surface area contributed by atoms with E-state index in [0.29, 0.717) is 23.1 Å². The average molecular weight is 206 g/mol. The molecule has 0 aromatic carbocycles. The highest BCUT2D eigenvalue weighted by molar-refractivity contribution is 5.93. The number of ether oxygens (including phenoxy) is 1. The predicted octanol–water partition coefficient (Wildman–Crippen LogP) is 0.941. The molecule has 0 saturated heterocycles. The van der Waals surface area contributed by atoms with Crippen molar-refractivity contribution in [2.24, 2.45) is 16.5 Å². The van der Waals surface area contributed by atoms with E-state index in [4.69, 9.17) is 16.2 Å². The predicted molar refractivity (Wildman–Crippen MR) is 60.0 cm³/mol. The lowest BCUT2D eigenvalue weighted by Crippen LogP contribution is -2.09. The summed E-state index contributed by atoms with van der Waals surface area (Å²) in [7, 11) is 1.56. The second-order valence-corrected chi connectivity index (χ2v) is 2.98. The summed E-state index contributed by atoms with van der Waals surface area (Å²) in [5.41, 5.74) is 12.3. The van der Waals surface area contributed by atoms with E-state index in [1.54, 1.807) is 38.4 Å². The van der Waals surface area contributed by atoms with Crippen molar-refractivity contribution in [3.05, 3.63) is 30.1 Å². The Balaban J connectivity index is 2.84. The molecule has 0 radical (unpaired) electrons. The van der Waals surface area contributed by atoms with E-state index in [1.165, 1.54) is 0 Å². The zero-order chi connectivity index (χ0) is 11.3. The summed E-state index contributed by atoms with van der Waals surface area (Å²) in [6, 6.07) is 3.48. The minimum atomic E-state index is 0.349. The number of rotatable bonds is 3. The van der Waals surface area contributed by atoms with Crippen LogP contribution in [0.5, 0.6) is 5.88 Å². The van der Waals surface area contributed by atoms with Gasteiger partial charge in [-0.2, -0.15) is 0 Å². The molecule has 5 nitrogen and oxygen atoms in total. The Kier molecular flexibility index (Phi) is 3.68. The van der Waals surface area contributed by atoms with Crippen LogP contribution in [0, 0.1) is 0 Å².